The molecule has 0 aromatic heterocycles. The fourth-order valence-corrected chi connectivity index (χ4v) is 4.49. The second-order valence-corrected chi connectivity index (χ2v) is 8.16. The summed E-state index contributed by atoms with van der Waals surface area (Å²) in [7, 11) is 0. The summed E-state index contributed by atoms with van der Waals surface area (Å²) >= 11 is 0. The smallest absolute Gasteiger partial charge is 0.227 e. The number of nitrogens with one attached hydrogen (secondary N) is 1. The number of hydrogen-bond acceptors (Lipinski definition) is 3. The second-order valence-electron chi connectivity index (χ2n) is 8.16. The van der Waals surface area contributed by atoms with Crippen molar-refractivity contribution in [2.24, 2.45) is 0 Å². The maximum absolute atomic E-state index is 12.7. The second kappa shape index (κ2) is 9.36. The molecule has 0 atom stereocenters. The van der Waals surface area contributed by atoms with Crippen LogP contribution in [0.5, 0.6) is 0 Å². The molecule has 4 rings (SSSR count). The van der Waals surface area contributed by atoms with Gasteiger partial charge in [-0.25, -0.2) is 0 Å². The molecule has 2 aliphatic heterocycles. The van der Waals surface area contributed by atoms with E-state index in [0.717, 1.165) is 69.4 Å². The minimum atomic E-state index is 0.228. The molecule has 2 heterocycles. The van der Waals surface area contributed by atoms with E-state index in [1.807, 2.05) is 17.0 Å². The number of amides is 1. The lowest BCUT2D eigenvalue weighted by molar-refractivity contribution is -0.118. The van der Waals surface area contributed by atoms with Gasteiger partial charge in [0.15, 0.2) is 5.78 Å². The van der Waals surface area contributed by atoms with E-state index >= 15 is 0 Å². The number of carbonyl (C=O) groups excluding carboxylic acids is 2. The SMILES string of the molecule is O=C(CCCCNCCCc1ccccc1)c1cc2c3c(c1)CCN3C(=O)CC2. The van der Waals surface area contributed by atoms with Gasteiger partial charge in [-0.05, 0) is 80.4 Å². The molecule has 0 saturated heterocycles. The summed E-state index contributed by atoms with van der Waals surface area (Å²) in [4.78, 5) is 26.6. The van der Waals surface area contributed by atoms with E-state index in [1.165, 1.54) is 16.7 Å². The van der Waals surface area contributed by atoms with Crippen LogP contribution in [-0.4, -0.2) is 31.3 Å². The zero-order valence-electron chi connectivity index (χ0n) is 17.1. The third-order valence-corrected chi connectivity index (χ3v) is 6.04. The van der Waals surface area contributed by atoms with Crippen LogP contribution in [0.15, 0.2) is 42.5 Å². The van der Waals surface area contributed by atoms with Crippen molar-refractivity contribution >= 4 is 17.4 Å². The molecule has 0 unspecified atom stereocenters. The highest BCUT2D eigenvalue weighted by atomic mass is 16.2. The highest BCUT2D eigenvalue weighted by Crippen LogP contribution is 2.37. The van der Waals surface area contributed by atoms with Crippen LogP contribution in [0.2, 0.25) is 0 Å². The van der Waals surface area contributed by atoms with Crippen molar-refractivity contribution in [3.8, 4) is 0 Å². The van der Waals surface area contributed by atoms with Gasteiger partial charge < -0.3 is 10.2 Å². The average molecular weight is 391 g/mol. The minimum absolute atomic E-state index is 0.228. The predicted molar refractivity (Wildman–Crippen MR) is 117 cm³/mol. The van der Waals surface area contributed by atoms with Gasteiger partial charge in [0, 0.05) is 24.9 Å². The predicted octanol–water partition coefficient (Wildman–Crippen LogP) is 4.10. The van der Waals surface area contributed by atoms with Gasteiger partial charge in [-0.15, -0.1) is 0 Å². The van der Waals surface area contributed by atoms with Crippen LogP contribution in [0.4, 0.5) is 5.69 Å². The number of carbonyl (C=O) groups is 2. The highest BCUT2D eigenvalue weighted by Gasteiger charge is 2.31. The largest absolute Gasteiger partial charge is 0.317 e. The Morgan fingerprint density at radius 2 is 1.69 bits per heavy atom. The normalized spacial score (nSPS) is 14.9. The quantitative estimate of drug-likeness (QED) is 0.491. The van der Waals surface area contributed by atoms with Crippen molar-refractivity contribution < 1.29 is 9.59 Å². The summed E-state index contributed by atoms with van der Waals surface area (Å²) < 4.78 is 0. The maximum atomic E-state index is 12.7. The Balaban J connectivity index is 1.17. The Labute approximate surface area is 173 Å². The van der Waals surface area contributed by atoms with Gasteiger partial charge >= 0.3 is 0 Å². The van der Waals surface area contributed by atoms with Crippen LogP contribution in [-0.2, 0) is 24.1 Å². The molecule has 1 N–H and O–H groups in total. The number of aryl methyl sites for hydroxylation is 2. The third kappa shape index (κ3) is 4.76. The number of anilines is 1. The first-order valence-corrected chi connectivity index (χ1v) is 11.0. The molecule has 0 bridgehead atoms. The Bertz CT molecular complexity index is 876. The first kappa shape index (κ1) is 19.8. The van der Waals surface area contributed by atoms with Gasteiger partial charge in [0.2, 0.25) is 5.91 Å². The standard InChI is InChI=1S/C25H30N2O2/c28-23(10-4-5-14-26-15-6-9-19-7-2-1-3-8-19)22-17-20-11-12-24(29)27-16-13-21(18-22)25(20)27/h1-3,7-8,17-18,26H,4-6,9-16H2. The highest BCUT2D eigenvalue weighted by molar-refractivity contribution is 6.02. The molecule has 1 amide bonds. The maximum Gasteiger partial charge on any atom is 0.227 e. The molecule has 152 valence electrons. The van der Waals surface area contributed by atoms with Crippen molar-refractivity contribution in [3.05, 3.63) is 64.7 Å². The van der Waals surface area contributed by atoms with Crippen molar-refractivity contribution in [1.29, 1.82) is 0 Å². The van der Waals surface area contributed by atoms with Crippen LogP contribution in [0.3, 0.4) is 0 Å². The van der Waals surface area contributed by atoms with Gasteiger partial charge in [0.1, 0.15) is 0 Å². The van der Waals surface area contributed by atoms with Crippen LogP contribution in [0.1, 0.15) is 59.2 Å². The summed E-state index contributed by atoms with van der Waals surface area (Å²) in [5.41, 5.74) is 5.69. The lowest BCUT2D eigenvalue weighted by Gasteiger charge is -2.25. The minimum Gasteiger partial charge on any atom is -0.317 e. The van der Waals surface area contributed by atoms with Crippen LogP contribution in [0.25, 0.3) is 0 Å². The molecular formula is C25H30N2O2. The lowest BCUT2D eigenvalue weighted by Crippen LogP contribution is -2.32. The Hall–Kier alpha value is -2.46. The fraction of sp³-hybridized carbons (Fsp3) is 0.440. The van der Waals surface area contributed by atoms with Crippen LogP contribution < -0.4 is 10.2 Å². The number of benzene rings is 2. The Morgan fingerprint density at radius 1 is 0.931 bits per heavy atom. The Morgan fingerprint density at radius 3 is 2.52 bits per heavy atom. The third-order valence-electron chi connectivity index (χ3n) is 6.04. The van der Waals surface area contributed by atoms with Crippen LogP contribution >= 0.6 is 0 Å². The lowest BCUT2D eigenvalue weighted by atomic mass is 9.94. The molecule has 0 spiro atoms. The number of nitrogens with zero attached hydrogens (tertiary/aromatic N) is 1. The summed E-state index contributed by atoms with van der Waals surface area (Å²) in [6.45, 7) is 2.76. The van der Waals surface area contributed by atoms with E-state index in [0.29, 0.717) is 12.8 Å². The van der Waals surface area contributed by atoms with E-state index in [4.69, 9.17) is 0 Å². The van der Waals surface area contributed by atoms with Crippen molar-refractivity contribution in [2.75, 3.05) is 24.5 Å². The molecule has 0 fully saturated rings. The number of hydrogen-bond donors (Lipinski definition) is 1. The molecule has 2 aromatic carbocycles. The first-order valence-electron chi connectivity index (χ1n) is 11.0. The zero-order valence-corrected chi connectivity index (χ0v) is 17.1. The molecule has 29 heavy (non-hydrogen) atoms. The summed E-state index contributed by atoms with van der Waals surface area (Å²) in [6.07, 6.45) is 7.01. The van der Waals surface area contributed by atoms with Gasteiger partial charge in [-0.2, -0.15) is 0 Å². The fourth-order valence-electron chi connectivity index (χ4n) is 4.49. The molecule has 0 radical (unpaired) electrons. The molecule has 2 aliphatic rings. The van der Waals surface area contributed by atoms with Crippen molar-refractivity contribution in [2.45, 2.75) is 51.4 Å². The molecule has 2 aromatic rings. The van der Waals surface area contributed by atoms with Gasteiger partial charge in [0.25, 0.3) is 0 Å². The van der Waals surface area contributed by atoms with E-state index < -0.39 is 0 Å². The van der Waals surface area contributed by atoms with E-state index in [2.05, 4.69) is 35.6 Å². The van der Waals surface area contributed by atoms with Crippen molar-refractivity contribution in [3.63, 3.8) is 0 Å². The number of ketones is 1. The Kier molecular flexibility index (Phi) is 6.40. The van der Waals surface area contributed by atoms with Crippen molar-refractivity contribution in [1.82, 2.24) is 5.32 Å². The molecule has 0 aliphatic carbocycles. The van der Waals surface area contributed by atoms with Crippen LogP contribution in [0, 0.1) is 0 Å². The van der Waals surface area contributed by atoms with E-state index in [9.17, 15) is 9.59 Å². The first-order chi connectivity index (χ1) is 14.2. The van der Waals surface area contributed by atoms with Gasteiger partial charge in [0.05, 0.1) is 5.69 Å². The topological polar surface area (TPSA) is 49.4 Å². The van der Waals surface area contributed by atoms with Gasteiger partial charge in [-0.1, -0.05) is 30.3 Å². The number of unbranched alkanes of at least 4 members (excludes halogenated alkanes) is 1. The van der Waals surface area contributed by atoms with E-state index in [-0.39, 0.29) is 11.7 Å². The zero-order chi connectivity index (χ0) is 20.1. The summed E-state index contributed by atoms with van der Waals surface area (Å²) in [5, 5.41) is 3.49. The monoisotopic (exact) mass is 390 g/mol. The summed E-state index contributed by atoms with van der Waals surface area (Å²) in [6, 6.07) is 14.6. The molecule has 4 heteroatoms. The number of Topliss-reactive ketones (excluding diaryl/α,β-unsaturated/α-hetero) is 1. The molecular weight excluding hydrogens is 360 g/mol. The summed E-state index contributed by atoms with van der Waals surface area (Å²) in [5.74, 6) is 0.468. The molecule has 4 nitrogen and oxygen atoms in total. The van der Waals surface area contributed by atoms with E-state index in [1.54, 1.807) is 0 Å². The van der Waals surface area contributed by atoms with Gasteiger partial charge in [-0.3, -0.25) is 9.59 Å². The average Bonchev–Trinajstić information content (AvgIpc) is 3.18. The molecule has 0 saturated carbocycles. The number of rotatable bonds is 10.